The van der Waals surface area contributed by atoms with Crippen molar-refractivity contribution in [2.45, 2.75) is 0 Å². The first-order valence-electron chi connectivity index (χ1n) is 6.25. The lowest BCUT2D eigenvalue weighted by molar-refractivity contribution is 0.103. The van der Waals surface area contributed by atoms with E-state index < -0.39 is 11.6 Å². The smallest absolute Gasteiger partial charge is 0.196 e. The Morgan fingerprint density at radius 1 is 1.10 bits per heavy atom. The molecule has 1 aliphatic heterocycles. The highest BCUT2D eigenvalue weighted by Gasteiger charge is 2.21. The van der Waals surface area contributed by atoms with Crippen molar-refractivity contribution < 1.29 is 18.7 Å². The molecule has 0 amide bonds. The van der Waals surface area contributed by atoms with Gasteiger partial charge in [0, 0.05) is 22.9 Å². The predicted octanol–water partition coefficient (Wildman–Crippen LogP) is 3.06. The molecule has 0 atom stereocenters. The van der Waals surface area contributed by atoms with Crippen molar-refractivity contribution in [1.29, 1.82) is 0 Å². The average Bonchev–Trinajstić information content (AvgIpc) is 2.46. The zero-order valence-electron chi connectivity index (χ0n) is 10.9. The first kappa shape index (κ1) is 13.7. The molecule has 0 saturated carbocycles. The van der Waals surface area contributed by atoms with Crippen LogP contribution in [0.2, 0.25) is 5.02 Å². The lowest BCUT2D eigenvalue weighted by atomic mass is 10.0. The van der Waals surface area contributed by atoms with Gasteiger partial charge < -0.3 is 15.2 Å². The molecule has 6 heteroatoms. The Kier molecular flexibility index (Phi) is 3.43. The van der Waals surface area contributed by atoms with Gasteiger partial charge in [-0.05, 0) is 24.3 Å². The van der Waals surface area contributed by atoms with Gasteiger partial charge in [-0.1, -0.05) is 11.6 Å². The van der Waals surface area contributed by atoms with E-state index in [1.165, 1.54) is 24.3 Å². The van der Waals surface area contributed by atoms with Gasteiger partial charge in [0.1, 0.15) is 19.0 Å². The Morgan fingerprint density at radius 3 is 2.43 bits per heavy atom. The summed E-state index contributed by atoms with van der Waals surface area (Å²) in [6.45, 7) is 0.836. The van der Waals surface area contributed by atoms with Crippen molar-refractivity contribution >= 4 is 23.1 Å². The van der Waals surface area contributed by atoms with E-state index in [0.29, 0.717) is 24.7 Å². The summed E-state index contributed by atoms with van der Waals surface area (Å²) in [4.78, 5) is 12.5. The quantitative estimate of drug-likeness (QED) is 0.684. The van der Waals surface area contributed by atoms with Gasteiger partial charge in [-0.2, -0.15) is 0 Å². The number of anilines is 1. The van der Waals surface area contributed by atoms with Gasteiger partial charge in [0.15, 0.2) is 17.3 Å². The Morgan fingerprint density at radius 2 is 1.76 bits per heavy atom. The van der Waals surface area contributed by atoms with Crippen LogP contribution in [0.15, 0.2) is 30.3 Å². The van der Waals surface area contributed by atoms with Crippen LogP contribution in [0.1, 0.15) is 15.9 Å². The zero-order chi connectivity index (χ0) is 15.0. The van der Waals surface area contributed by atoms with E-state index in [-0.39, 0.29) is 21.8 Å². The number of nitrogens with two attached hydrogens (primary N) is 1. The molecule has 108 valence electrons. The Hall–Kier alpha value is -2.27. The highest BCUT2D eigenvalue weighted by atomic mass is 35.5. The van der Waals surface area contributed by atoms with Crippen LogP contribution in [0.25, 0.3) is 0 Å². The number of carbonyl (C=O) groups excluding carboxylic acids is 1. The standard InChI is InChI=1S/C15H11ClFNO3/c16-11-7-14-13(20-3-4-21-14)6-10(11)15(19)9-2-1-8(17)5-12(9)18/h1-2,5-7H,3-4,18H2. The minimum absolute atomic E-state index is 0.0611. The highest BCUT2D eigenvalue weighted by Crippen LogP contribution is 2.36. The second kappa shape index (κ2) is 5.26. The van der Waals surface area contributed by atoms with Crippen molar-refractivity contribution in [2.75, 3.05) is 18.9 Å². The summed E-state index contributed by atoms with van der Waals surface area (Å²) in [5.74, 6) is 0.0522. The van der Waals surface area contributed by atoms with E-state index in [2.05, 4.69) is 0 Å². The fourth-order valence-corrected chi connectivity index (χ4v) is 2.36. The number of halogens is 2. The molecule has 0 aromatic heterocycles. The molecule has 0 aliphatic carbocycles. The molecule has 0 saturated heterocycles. The maximum absolute atomic E-state index is 13.1. The predicted molar refractivity (Wildman–Crippen MR) is 76.7 cm³/mol. The minimum Gasteiger partial charge on any atom is -0.486 e. The third kappa shape index (κ3) is 2.52. The van der Waals surface area contributed by atoms with Crippen LogP contribution in [-0.2, 0) is 0 Å². The summed E-state index contributed by atoms with van der Waals surface area (Å²) in [6, 6.07) is 6.65. The second-order valence-electron chi connectivity index (χ2n) is 4.54. The van der Waals surface area contributed by atoms with Gasteiger partial charge >= 0.3 is 0 Å². The number of nitrogen functional groups attached to an aromatic ring is 1. The van der Waals surface area contributed by atoms with Crippen molar-refractivity contribution in [3.63, 3.8) is 0 Å². The topological polar surface area (TPSA) is 61.6 Å². The number of benzene rings is 2. The minimum atomic E-state index is -0.502. The third-order valence-corrected chi connectivity index (χ3v) is 3.45. The van der Waals surface area contributed by atoms with Gasteiger partial charge in [0.2, 0.25) is 0 Å². The van der Waals surface area contributed by atoms with Crippen molar-refractivity contribution in [1.82, 2.24) is 0 Å². The maximum atomic E-state index is 13.1. The Labute approximate surface area is 125 Å². The lowest BCUT2D eigenvalue weighted by Gasteiger charge is -2.19. The molecule has 3 rings (SSSR count). The summed E-state index contributed by atoms with van der Waals surface area (Å²) < 4.78 is 23.9. The molecular formula is C15H11ClFNO3. The summed E-state index contributed by atoms with van der Waals surface area (Å²) >= 11 is 6.12. The van der Waals surface area contributed by atoms with Crippen LogP contribution in [0, 0.1) is 5.82 Å². The van der Waals surface area contributed by atoms with E-state index in [9.17, 15) is 9.18 Å². The molecule has 0 fully saturated rings. The third-order valence-electron chi connectivity index (χ3n) is 3.13. The number of fused-ring (bicyclic) bond motifs is 1. The molecule has 2 aromatic rings. The largest absolute Gasteiger partial charge is 0.486 e. The monoisotopic (exact) mass is 307 g/mol. The number of rotatable bonds is 2. The van der Waals surface area contributed by atoms with Crippen LogP contribution < -0.4 is 15.2 Å². The van der Waals surface area contributed by atoms with Crippen LogP contribution in [0.5, 0.6) is 11.5 Å². The number of hydrogen-bond acceptors (Lipinski definition) is 4. The zero-order valence-corrected chi connectivity index (χ0v) is 11.6. The molecule has 0 spiro atoms. The van der Waals surface area contributed by atoms with Crippen LogP contribution in [0.4, 0.5) is 10.1 Å². The number of ketones is 1. The van der Waals surface area contributed by atoms with Crippen molar-refractivity contribution in [3.8, 4) is 11.5 Å². The molecule has 0 bridgehead atoms. The molecule has 0 unspecified atom stereocenters. The summed E-state index contributed by atoms with van der Waals surface area (Å²) in [5, 5.41) is 0.230. The lowest BCUT2D eigenvalue weighted by Crippen LogP contribution is -2.16. The second-order valence-corrected chi connectivity index (χ2v) is 4.94. The van der Waals surface area contributed by atoms with Gasteiger partial charge in [0.05, 0.1) is 5.02 Å². The van der Waals surface area contributed by atoms with Crippen molar-refractivity contribution in [3.05, 3.63) is 52.3 Å². The summed E-state index contributed by atoms with van der Waals surface area (Å²) in [7, 11) is 0. The van der Waals surface area contributed by atoms with Gasteiger partial charge in [0.25, 0.3) is 0 Å². The van der Waals surface area contributed by atoms with E-state index in [0.717, 1.165) is 6.07 Å². The summed E-state index contributed by atoms with van der Waals surface area (Å²) in [5.41, 5.74) is 6.17. The molecule has 1 heterocycles. The molecule has 0 radical (unpaired) electrons. The Bertz CT molecular complexity index is 733. The fourth-order valence-electron chi connectivity index (χ4n) is 2.12. The molecular weight excluding hydrogens is 297 g/mol. The van der Waals surface area contributed by atoms with Crippen molar-refractivity contribution in [2.24, 2.45) is 0 Å². The van der Waals surface area contributed by atoms with E-state index in [4.69, 9.17) is 26.8 Å². The van der Waals surface area contributed by atoms with Crippen LogP contribution in [-0.4, -0.2) is 19.0 Å². The van der Waals surface area contributed by atoms with E-state index >= 15 is 0 Å². The first-order valence-corrected chi connectivity index (χ1v) is 6.63. The first-order chi connectivity index (χ1) is 10.1. The average molecular weight is 308 g/mol. The van der Waals surface area contributed by atoms with Gasteiger partial charge in [-0.15, -0.1) is 0 Å². The Balaban J connectivity index is 2.05. The molecule has 2 N–H and O–H groups in total. The van der Waals surface area contributed by atoms with Gasteiger partial charge in [-0.3, -0.25) is 4.79 Å². The molecule has 4 nitrogen and oxygen atoms in total. The number of hydrogen-bond donors (Lipinski definition) is 1. The number of carbonyl (C=O) groups is 1. The highest BCUT2D eigenvalue weighted by molar-refractivity contribution is 6.35. The fraction of sp³-hybridized carbons (Fsp3) is 0.133. The van der Waals surface area contributed by atoms with Crippen LogP contribution in [0.3, 0.4) is 0 Å². The van der Waals surface area contributed by atoms with Crippen LogP contribution >= 0.6 is 11.6 Å². The maximum Gasteiger partial charge on any atom is 0.196 e. The molecule has 21 heavy (non-hydrogen) atoms. The van der Waals surface area contributed by atoms with E-state index in [1.807, 2.05) is 0 Å². The molecule has 2 aromatic carbocycles. The summed E-state index contributed by atoms with van der Waals surface area (Å²) in [6.07, 6.45) is 0. The SMILES string of the molecule is Nc1cc(F)ccc1C(=O)c1cc2c(cc1Cl)OCCO2. The number of ether oxygens (including phenoxy) is 2. The van der Waals surface area contributed by atoms with Gasteiger partial charge in [-0.25, -0.2) is 4.39 Å². The normalized spacial score (nSPS) is 13.0. The van der Waals surface area contributed by atoms with E-state index in [1.54, 1.807) is 0 Å². The molecule has 1 aliphatic rings.